The number of epoxide rings is 1. The second-order valence-corrected chi connectivity index (χ2v) is 12.5. The van der Waals surface area contributed by atoms with Crippen molar-refractivity contribution in [1.82, 2.24) is 4.98 Å². The smallest absolute Gasteiger partial charge is 0.309 e. The van der Waals surface area contributed by atoms with Crippen molar-refractivity contribution in [3.05, 3.63) is 28.8 Å². The SMILES string of the molecule is CC[C@H]1C(=O)C(C)(C)[C@@H](O)CC(=O)O[C@H](c2ccc3sc(C)nc3c2)CC2OC2(F)CCC[C@H](C)[C@@H]1O. The van der Waals surface area contributed by atoms with Gasteiger partial charge in [-0.05, 0) is 49.8 Å². The summed E-state index contributed by atoms with van der Waals surface area (Å²) in [5, 5.41) is 22.8. The molecule has 3 heterocycles. The number of hydrogen-bond acceptors (Lipinski definition) is 8. The maximum absolute atomic E-state index is 15.4. The fraction of sp³-hybridized carbons (Fsp3) is 0.679. The number of rotatable bonds is 2. The Labute approximate surface area is 221 Å². The number of esters is 1. The van der Waals surface area contributed by atoms with E-state index in [2.05, 4.69) is 4.98 Å². The van der Waals surface area contributed by atoms with Crippen molar-refractivity contribution in [2.24, 2.45) is 17.3 Å². The number of thiazole rings is 1. The van der Waals surface area contributed by atoms with Crippen LogP contribution in [0.4, 0.5) is 4.39 Å². The third-order valence-corrected chi connectivity index (χ3v) is 9.08. The second kappa shape index (κ2) is 10.7. The quantitative estimate of drug-likeness (QED) is 0.402. The third kappa shape index (κ3) is 5.90. The second-order valence-electron chi connectivity index (χ2n) is 11.2. The fourth-order valence-electron chi connectivity index (χ4n) is 5.43. The molecule has 2 N–H and O–H groups in total. The zero-order chi connectivity index (χ0) is 27.1. The molecule has 0 spiro atoms. The Balaban J connectivity index is 1.62. The number of halogens is 1. The molecule has 2 aliphatic heterocycles. The molecule has 1 aromatic carbocycles. The summed E-state index contributed by atoms with van der Waals surface area (Å²) in [6, 6.07) is 5.60. The summed E-state index contributed by atoms with van der Waals surface area (Å²) in [5.41, 5.74) is 0.187. The monoisotopic (exact) mass is 535 g/mol. The molecule has 2 aliphatic rings. The number of benzene rings is 1. The maximum Gasteiger partial charge on any atom is 0.309 e. The van der Waals surface area contributed by atoms with Gasteiger partial charge >= 0.3 is 5.97 Å². The molecule has 204 valence electrons. The number of aromatic nitrogens is 1. The van der Waals surface area contributed by atoms with Crippen molar-refractivity contribution < 1.29 is 33.7 Å². The normalized spacial score (nSPS) is 35.7. The fourth-order valence-corrected chi connectivity index (χ4v) is 6.24. The van der Waals surface area contributed by atoms with Crippen LogP contribution in [0.5, 0.6) is 0 Å². The largest absolute Gasteiger partial charge is 0.457 e. The first-order chi connectivity index (χ1) is 17.4. The number of aliphatic hydroxyl groups excluding tert-OH is 2. The van der Waals surface area contributed by atoms with Gasteiger partial charge in [-0.3, -0.25) is 9.59 Å². The zero-order valence-corrected chi connectivity index (χ0v) is 23.0. The van der Waals surface area contributed by atoms with Gasteiger partial charge in [0.05, 0.1) is 39.3 Å². The highest BCUT2D eigenvalue weighted by Gasteiger charge is 2.58. The van der Waals surface area contributed by atoms with E-state index in [0.717, 1.165) is 15.2 Å². The first-order valence-corrected chi connectivity index (χ1v) is 14.0. The molecular formula is C28H38FNO6S. The molecule has 7 atom stereocenters. The summed E-state index contributed by atoms with van der Waals surface area (Å²) >= 11 is 1.56. The number of carbonyl (C=O) groups excluding carboxylic acids is 2. The van der Waals surface area contributed by atoms with Crippen LogP contribution >= 0.6 is 11.3 Å². The van der Waals surface area contributed by atoms with Crippen molar-refractivity contribution in [3.63, 3.8) is 0 Å². The minimum absolute atomic E-state index is 0.130. The van der Waals surface area contributed by atoms with Crippen LogP contribution in [-0.4, -0.2) is 51.1 Å². The lowest BCUT2D eigenvalue weighted by Gasteiger charge is -2.35. The van der Waals surface area contributed by atoms with E-state index in [1.807, 2.05) is 39.0 Å². The van der Waals surface area contributed by atoms with E-state index < -0.39 is 54.0 Å². The predicted molar refractivity (Wildman–Crippen MR) is 139 cm³/mol. The van der Waals surface area contributed by atoms with Crippen molar-refractivity contribution in [2.45, 2.75) is 103 Å². The van der Waals surface area contributed by atoms with Crippen molar-refractivity contribution >= 4 is 33.3 Å². The van der Waals surface area contributed by atoms with E-state index in [-0.39, 0.29) is 24.5 Å². The number of ketones is 1. The van der Waals surface area contributed by atoms with Crippen LogP contribution in [-0.2, 0) is 19.1 Å². The van der Waals surface area contributed by atoms with Crippen LogP contribution in [0.15, 0.2) is 18.2 Å². The molecular weight excluding hydrogens is 497 g/mol. The lowest BCUT2D eigenvalue weighted by atomic mass is 9.71. The highest BCUT2D eigenvalue weighted by molar-refractivity contribution is 7.18. The Morgan fingerprint density at radius 2 is 1.97 bits per heavy atom. The lowest BCUT2D eigenvalue weighted by molar-refractivity contribution is -0.156. The summed E-state index contributed by atoms with van der Waals surface area (Å²) in [6.45, 7) is 8.79. The van der Waals surface area contributed by atoms with Crippen LogP contribution < -0.4 is 0 Å². The van der Waals surface area contributed by atoms with Gasteiger partial charge in [-0.2, -0.15) is 0 Å². The average molecular weight is 536 g/mol. The predicted octanol–water partition coefficient (Wildman–Crippen LogP) is 5.20. The molecule has 2 aromatic rings. The number of aryl methyl sites for hydroxylation is 1. The number of cyclic esters (lactones) is 1. The van der Waals surface area contributed by atoms with Crippen LogP contribution in [0.3, 0.4) is 0 Å². The highest BCUT2D eigenvalue weighted by Crippen LogP contribution is 2.48. The average Bonchev–Trinajstić information content (AvgIpc) is 3.30. The van der Waals surface area contributed by atoms with Crippen LogP contribution in [0.1, 0.15) is 82.9 Å². The molecule has 4 rings (SSSR count). The molecule has 2 fully saturated rings. The molecule has 0 aliphatic carbocycles. The van der Waals surface area contributed by atoms with Gasteiger partial charge in [0.15, 0.2) is 0 Å². The number of ether oxygens (including phenoxy) is 2. The number of alkyl halides is 1. The molecule has 0 amide bonds. The van der Waals surface area contributed by atoms with Gasteiger partial charge in [0.25, 0.3) is 0 Å². The van der Waals surface area contributed by atoms with Gasteiger partial charge in [-0.25, -0.2) is 9.37 Å². The van der Waals surface area contributed by atoms with Gasteiger partial charge < -0.3 is 19.7 Å². The van der Waals surface area contributed by atoms with Crippen molar-refractivity contribution in [3.8, 4) is 0 Å². The summed E-state index contributed by atoms with van der Waals surface area (Å²) in [6.07, 6.45) is -2.44. The summed E-state index contributed by atoms with van der Waals surface area (Å²) in [7, 11) is 0. The Morgan fingerprint density at radius 3 is 2.68 bits per heavy atom. The molecule has 2 unspecified atom stereocenters. The Kier molecular flexibility index (Phi) is 8.10. The molecule has 0 saturated carbocycles. The van der Waals surface area contributed by atoms with Gasteiger partial charge in [0, 0.05) is 18.8 Å². The van der Waals surface area contributed by atoms with E-state index in [1.54, 1.807) is 25.2 Å². The minimum Gasteiger partial charge on any atom is -0.457 e. The summed E-state index contributed by atoms with van der Waals surface area (Å²) < 4.78 is 27.6. The lowest BCUT2D eigenvalue weighted by Crippen LogP contribution is -2.46. The van der Waals surface area contributed by atoms with Crippen LogP contribution in [0.2, 0.25) is 0 Å². The molecule has 2 saturated heterocycles. The van der Waals surface area contributed by atoms with E-state index >= 15 is 4.39 Å². The van der Waals surface area contributed by atoms with Crippen LogP contribution in [0, 0.1) is 24.2 Å². The molecule has 1 aromatic heterocycles. The standard InChI is InChI=1S/C28H38FNO6S/c1-6-18-25(33)15(2)8-7-11-28(29)23(36-28)13-20(17-9-10-21-19(12-17)30-16(3)37-21)35-24(32)14-22(31)27(4,5)26(18)34/h9-10,12,15,18,20,22-23,25,31,33H,6-8,11,13-14H2,1-5H3/t15-,18+,20-,22-,23?,25-,28?/m0/s1. The molecule has 37 heavy (non-hydrogen) atoms. The number of fused-ring (bicyclic) bond motifs is 2. The van der Waals surface area contributed by atoms with E-state index in [0.29, 0.717) is 24.8 Å². The number of Topliss-reactive ketones (excluding diaryl/α,β-unsaturated/α-hetero) is 1. The maximum atomic E-state index is 15.4. The summed E-state index contributed by atoms with van der Waals surface area (Å²) in [5.74, 6) is -3.73. The Hall–Kier alpha value is -1.94. The molecule has 7 nitrogen and oxygen atoms in total. The van der Waals surface area contributed by atoms with Crippen LogP contribution in [0.25, 0.3) is 10.2 Å². The minimum atomic E-state index is -1.81. The third-order valence-electron chi connectivity index (χ3n) is 8.13. The molecule has 9 heteroatoms. The van der Waals surface area contributed by atoms with Crippen molar-refractivity contribution in [2.75, 3.05) is 0 Å². The first kappa shape index (κ1) is 28.1. The van der Waals surface area contributed by atoms with E-state index in [9.17, 15) is 19.8 Å². The molecule has 0 radical (unpaired) electrons. The highest BCUT2D eigenvalue weighted by atomic mass is 32.1. The van der Waals surface area contributed by atoms with E-state index in [4.69, 9.17) is 9.47 Å². The number of carbonyl (C=O) groups is 2. The van der Waals surface area contributed by atoms with Gasteiger partial charge in [0.1, 0.15) is 18.0 Å². The number of nitrogens with zero attached hydrogens (tertiary/aromatic N) is 1. The van der Waals surface area contributed by atoms with Gasteiger partial charge in [-0.15, -0.1) is 11.3 Å². The Bertz CT molecular complexity index is 1150. The zero-order valence-electron chi connectivity index (χ0n) is 22.2. The number of aliphatic hydroxyl groups is 2. The number of hydrogen-bond donors (Lipinski definition) is 2. The Morgan fingerprint density at radius 1 is 1.24 bits per heavy atom. The first-order valence-electron chi connectivity index (χ1n) is 13.2. The van der Waals surface area contributed by atoms with Gasteiger partial charge in [0.2, 0.25) is 5.85 Å². The topological polar surface area (TPSA) is 109 Å². The van der Waals surface area contributed by atoms with E-state index in [1.165, 1.54) is 0 Å². The molecule has 0 bridgehead atoms. The van der Waals surface area contributed by atoms with Crippen molar-refractivity contribution in [1.29, 1.82) is 0 Å². The van der Waals surface area contributed by atoms with Gasteiger partial charge in [-0.1, -0.05) is 33.8 Å². The summed E-state index contributed by atoms with van der Waals surface area (Å²) in [4.78, 5) is 31.0.